The minimum atomic E-state index is 0.976. The highest BCUT2D eigenvalue weighted by Crippen LogP contribution is 2.29. The van der Waals surface area contributed by atoms with E-state index in [0.717, 1.165) is 11.8 Å². The summed E-state index contributed by atoms with van der Waals surface area (Å²) in [6, 6.07) is 0. The SMILES string of the molecule is CSCCCNCC1CCC(C)C1. The summed E-state index contributed by atoms with van der Waals surface area (Å²) in [5.41, 5.74) is 0. The van der Waals surface area contributed by atoms with Crippen molar-refractivity contribution < 1.29 is 0 Å². The lowest BCUT2D eigenvalue weighted by molar-refractivity contribution is 0.472. The molecule has 2 unspecified atom stereocenters. The molecule has 0 spiro atoms. The van der Waals surface area contributed by atoms with Crippen molar-refractivity contribution in [1.82, 2.24) is 5.32 Å². The zero-order valence-corrected chi connectivity index (χ0v) is 9.83. The summed E-state index contributed by atoms with van der Waals surface area (Å²) >= 11 is 1.94. The van der Waals surface area contributed by atoms with Crippen molar-refractivity contribution in [3.05, 3.63) is 0 Å². The molecule has 0 aromatic rings. The van der Waals surface area contributed by atoms with Crippen LogP contribution in [-0.4, -0.2) is 25.1 Å². The first-order chi connectivity index (χ1) is 6.33. The summed E-state index contributed by atoms with van der Waals surface area (Å²) < 4.78 is 0. The van der Waals surface area contributed by atoms with Crippen LogP contribution in [0.3, 0.4) is 0 Å². The molecule has 1 fully saturated rings. The van der Waals surface area contributed by atoms with Crippen LogP contribution in [0.4, 0.5) is 0 Å². The predicted molar refractivity (Wildman–Crippen MR) is 62.4 cm³/mol. The lowest BCUT2D eigenvalue weighted by Crippen LogP contribution is -2.22. The molecule has 2 atom stereocenters. The molecule has 0 radical (unpaired) electrons. The Morgan fingerprint density at radius 3 is 2.85 bits per heavy atom. The Morgan fingerprint density at radius 2 is 2.23 bits per heavy atom. The third-order valence-corrected chi connectivity index (χ3v) is 3.64. The Morgan fingerprint density at radius 1 is 1.38 bits per heavy atom. The van der Waals surface area contributed by atoms with E-state index in [0.29, 0.717) is 0 Å². The molecule has 1 aliphatic rings. The first kappa shape index (κ1) is 11.4. The van der Waals surface area contributed by atoms with E-state index in [1.807, 2.05) is 11.8 Å². The number of hydrogen-bond acceptors (Lipinski definition) is 2. The van der Waals surface area contributed by atoms with Crippen LogP contribution in [0.2, 0.25) is 0 Å². The molecule has 13 heavy (non-hydrogen) atoms. The number of rotatable bonds is 6. The smallest absolute Gasteiger partial charge is 0.00204 e. The number of nitrogens with one attached hydrogen (secondary N) is 1. The monoisotopic (exact) mass is 201 g/mol. The molecule has 1 rings (SSSR count). The van der Waals surface area contributed by atoms with Gasteiger partial charge in [0.2, 0.25) is 0 Å². The van der Waals surface area contributed by atoms with Crippen LogP contribution < -0.4 is 5.32 Å². The molecule has 1 aliphatic carbocycles. The Labute approximate surface area is 87.1 Å². The average Bonchev–Trinajstić information content (AvgIpc) is 2.51. The van der Waals surface area contributed by atoms with Crippen molar-refractivity contribution in [1.29, 1.82) is 0 Å². The standard InChI is InChI=1S/C11H23NS/c1-10-4-5-11(8-10)9-12-6-3-7-13-2/h10-12H,3-9H2,1-2H3. The molecule has 0 aromatic carbocycles. The summed E-state index contributed by atoms with van der Waals surface area (Å²) in [4.78, 5) is 0. The van der Waals surface area contributed by atoms with Crippen LogP contribution in [0.25, 0.3) is 0 Å². The lowest BCUT2D eigenvalue weighted by Gasteiger charge is -2.10. The quantitative estimate of drug-likeness (QED) is 0.663. The molecule has 0 aliphatic heterocycles. The molecular weight excluding hydrogens is 178 g/mol. The van der Waals surface area contributed by atoms with Gasteiger partial charge < -0.3 is 5.32 Å². The third-order valence-electron chi connectivity index (χ3n) is 2.94. The van der Waals surface area contributed by atoms with E-state index >= 15 is 0 Å². The highest BCUT2D eigenvalue weighted by atomic mass is 32.2. The summed E-state index contributed by atoms with van der Waals surface area (Å²) in [6.45, 7) is 4.86. The van der Waals surface area contributed by atoms with Crippen LogP contribution in [0, 0.1) is 11.8 Å². The van der Waals surface area contributed by atoms with Crippen LogP contribution >= 0.6 is 11.8 Å². The van der Waals surface area contributed by atoms with Gasteiger partial charge in [-0.2, -0.15) is 11.8 Å². The number of hydrogen-bond donors (Lipinski definition) is 1. The first-order valence-corrected chi connectivity index (χ1v) is 6.92. The van der Waals surface area contributed by atoms with E-state index in [9.17, 15) is 0 Å². The van der Waals surface area contributed by atoms with Gasteiger partial charge in [-0.25, -0.2) is 0 Å². The van der Waals surface area contributed by atoms with Crippen molar-refractivity contribution in [3.63, 3.8) is 0 Å². The molecule has 2 heteroatoms. The van der Waals surface area contributed by atoms with E-state index in [-0.39, 0.29) is 0 Å². The molecule has 1 saturated carbocycles. The van der Waals surface area contributed by atoms with E-state index in [4.69, 9.17) is 0 Å². The molecule has 0 saturated heterocycles. The van der Waals surface area contributed by atoms with Crippen LogP contribution in [0.15, 0.2) is 0 Å². The molecule has 0 heterocycles. The minimum Gasteiger partial charge on any atom is -0.316 e. The fourth-order valence-corrected chi connectivity index (χ4v) is 2.59. The summed E-state index contributed by atoms with van der Waals surface area (Å²) in [7, 11) is 0. The van der Waals surface area contributed by atoms with Crippen LogP contribution in [-0.2, 0) is 0 Å². The molecule has 0 aromatic heterocycles. The van der Waals surface area contributed by atoms with Gasteiger partial charge >= 0.3 is 0 Å². The summed E-state index contributed by atoms with van der Waals surface area (Å²) in [5, 5.41) is 3.57. The predicted octanol–water partition coefficient (Wildman–Crippen LogP) is 2.77. The second kappa shape index (κ2) is 6.72. The maximum Gasteiger partial charge on any atom is -0.00204 e. The highest BCUT2D eigenvalue weighted by molar-refractivity contribution is 7.98. The largest absolute Gasteiger partial charge is 0.316 e. The van der Waals surface area contributed by atoms with Gasteiger partial charge in [-0.15, -0.1) is 0 Å². The topological polar surface area (TPSA) is 12.0 Å². The van der Waals surface area contributed by atoms with Gasteiger partial charge in [-0.05, 0) is 56.2 Å². The number of thioether (sulfide) groups is 1. The third kappa shape index (κ3) is 4.92. The Hall–Kier alpha value is 0.310. The molecule has 0 amide bonds. The average molecular weight is 201 g/mol. The maximum absolute atomic E-state index is 3.57. The highest BCUT2D eigenvalue weighted by Gasteiger charge is 2.20. The van der Waals surface area contributed by atoms with Gasteiger partial charge in [-0.3, -0.25) is 0 Å². The van der Waals surface area contributed by atoms with Gasteiger partial charge in [0, 0.05) is 0 Å². The van der Waals surface area contributed by atoms with Crippen molar-refractivity contribution in [2.24, 2.45) is 11.8 Å². The van der Waals surface area contributed by atoms with Crippen molar-refractivity contribution in [2.75, 3.05) is 25.1 Å². The Balaban J connectivity index is 1.88. The van der Waals surface area contributed by atoms with Gasteiger partial charge in [0.1, 0.15) is 0 Å². The van der Waals surface area contributed by atoms with E-state index in [1.165, 1.54) is 44.5 Å². The fraction of sp³-hybridized carbons (Fsp3) is 1.00. The molecule has 0 bridgehead atoms. The Kier molecular flexibility index (Phi) is 5.88. The Bertz CT molecular complexity index is 127. The fourth-order valence-electron chi connectivity index (χ4n) is 2.16. The van der Waals surface area contributed by atoms with E-state index in [1.54, 1.807) is 0 Å². The molecule has 1 N–H and O–H groups in total. The molecular formula is C11H23NS. The maximum atomic E-state index is 3.57. The van der Waals surface area contributed by atoms with Gasteiger partial charge in [-0.1, -0.05) is 13.3 Å². The van der Waals surface area contributed by atoms with Gasteiger partial charge in [0.25, 0.3) is 0 Å². The second-order valence-electron chi connectivity index (χ2n) is 4.33. The van der Waals surface area contributed by atoms with E-state index in [2.05, 4.69) is 18.5 Å². The molecule has 78 valence electrons. The summed E-state index contributed by atoms with van der Waals surface area (Å²) in [6.07, 6.45) is 7.87. The second-order valence-corrected chi connectivity index (χ2v) is 5.32. The molecule has 1 nitrogen and oxygen atoms in total. The van der Waals surface area contributed by atoms with Crippen molar-refractivity contribution in [2.45, 2.75) is 32.6 Å². The minimum absolute atomic E-state index is 0.976. The van der Waals surface area contributed by atoms with Gasteiger partial charge in [0.05, 0.1) is 0 Å². The summed E-state index contributed by atoms with van der Waals surface area (Å²) in [5.74, 6) is 3.26. The normalized spacial score (nSPS) is 28.2. The van der Waals surface area contributed by atoms with Crippen molar-refractivity contribution >= 4 is 11.8 Å². The van der Waals surface area contributed by atoms with Crippen LogP contribution in [0.5, 0.6) is 0 Å². The lowest BCUT2D eigenvalue weighted by atomic mass is 10.1. The zero-order valence-electron chi connectivity index (χ0n) is 9.01. The first-order valence-electron chi connectivity index (χ1n) is 5.52. The van der Waals surface area contributed by atoms with Gasteiger partial charge in [0.15, 0.2) is 0 Å². The van der Waals surface area contributed by atoms with Crippen LogP contribution in [0.1, 0.15) is 32.6 Å². The van der Waals surface area contributed by atoms with Crippen molar-refractivity contribution in [3.8, 4) is 0 Å². The van der Waals surface area contributed by atoms with E-state index < -0.39 is 0 Å². The zero-order chi connectivity index (χ0) is 9.52.